The van der Waals surface area contributed by atoms with Gasteiger partial charge in [0.15, 0.2) is 5.96 Å². The third-order valence-electron chi connectivity index (χ3n) is 4.59. The van der Waals surface area contributed by atoms with Gasteiger partial charge in [-0.25, -0.2) is 9.38 Å². The molecule has 0 aromatic heterocycles. The van der Waals surface area contributed by atoms with Gasteiger partial charge in [-0.3, -0.25) is 4.79 Å². The highest BCUT2D eigenvalue weighted by Gasteiger charge is 2.26. The Kier molecular flexibility index (Phi) is 6.41. The van der Waals surface area contributed by atoms with E-state index in [9.17, 15) is 9.18 Å². The monoisotopic (exact) mass is 368 g/mol. The fourth-order valence-corrected chi connectivity index (χ4v) is 3.26. The van der Waals surface area contributed by atoms with Crippen molar-refractivity contribution < 1.29 is 9.18 Å². The van der Waals surface area contributed by atoms with Crippen LogP contribution < -0.4 is 10.6 Å². The second kappa shape index (κ2) is 9.16. The summed E-state index contributed by atoms with van der Waals surface area (Å²) < 4.78 is 12.9. The third-order valence-corrected chi connectivity index (χ3v) is 4.59. The topological polar surface area (TPSA) is 56.7 Å². The lowest BCUT2D eigenvalue weighted by Crippen LogP contribution is -2.40. The predicted molar refractivity (Wildman–Crippen MR) is 106 cm³/mol. The summed E-state index contributed by atoms with van der Waals surface area (Å²) in [6.07, 6.45) is 1.07. The molecule has 0 bridgehead atoms. The van der Waals surface area contributed by atoms with Crippen LogP contribution in [-0.2, 0) is 4.79 Å². The Labute approximate surface area is 159 Å². The molecule has 2 N–H and O–H groups in total. The summed E-state index contributed by atoms with van der Waals surface area (Å²) in [5.74, 6) is 0.673. The first-order valence-electron chi connectivity index (χ1n) is 9.29. The van der Waals surface area contributed by atoms with Crippen LogP contribution in [0, 0.1) is 5.82 Å². The van der Waals surface area contributed by atoms with Crippen molar-refractivity contribution in [3.63, 3.8) is 0 Å². The normalized spacial score (nSPS) is 17.0. The molecule has 0 spiro atoms. The van der Waals surface area contributed by atoms with Gasteiger partial charge in [-0.15, -0.1) is 0 Å². The predicted octanol–water partition coefficient (Wildman–Crippen LogP) is 3.22. The average molecular weight is 368 g/mol. The Morgan fingerprint density at radius 1 is 1.19 bits per heavy atom. The van der Waals surface area contributed by atoms with Crippen molar-refractivity contribution in [3.05, 3.63) is 66.0 Å². The molecule has 1 unspecified atom stereocenters. The van der Waals surface area contributed by atoms with Gasteiger partial charge in [0.05, 0.1) is 0 Å². The average Bonchev–Trinajstić information content (AvgIpc) is 3.18. The lowest BCUT2D eigenvalue weighted by Gasteiger charge is -2.21. The van der Waals surface area contributed by atoms with E-state index in [1.54, 1.807) is 0 Å². The molecule has 2 aromatic rings. The standard InChI is InChI=1S/C21H25FN4O/c1-2-23-21(24-14-20(27)25-19-10-8-18(22)9-11-19)26-13-12-17(15-26)16-6-4-3-5-7-16/h3-11,17H,2,12-15H2,1H3,(H,23,24)(H,25,27). The maximum atomic E-state index is 12.9. The number of anilines is 1. The number of hydrogen-bond acceptors (Lipinski definition) is 2. The number of benzene rings is 2. The maximum Gasteiger partial charge on any atom is 0.246 e. The van der Waals surface area contributed by atoms with E-state index in [-0.39, 0.29) is 18.3 Å². The van der Waals surface area contributed by atoms with Gasteiger partial charge in [0, 0.05) is 31.2 Å². The molecule has 1 aliphatic rings. The van der Waals surface area contributed by atoms with E-state index in [1.807, 2.05) is 13.0 Å². The SMILES string of the molecule is CCNC(=NCC(=O)Nc1ccc(F)cc1)N1CCC(c2ccccc2)C1. The van der Waals surface area contributed by atoms with Crippen LogP contribution in [0.25, 0.3) is 0 Å². The van der Waals surface area contributed by atoms with E-state index >= 15 is 0 Å². The minimum atomic E-state index is -0.331. The van der Waals surface area contributed by atoms with Crippen LogP contribution in [0.3, 0.4) is 0 Å². The van der Waals surface area contributed by atoms with Crippen molar-refractivity contribution in [2.45, 2.75) is 19.3 Å². The number of guanidine groups is 1. The molecule has 1 amide bonds. The Morgan fingerprint density at radius 3 is 2.63 bits per heavy atom. The van der Waals surface area contributed by atoms with Gasteiger partial charge in [0.2, 0.25) is 5.91 Å². The van der Waals surface area contributed by atoms with E-state index in [4.69, 9.17) is 0 Å². The van der Waals surface area contributed by atoms with Crippen LogP contribution in [0.15, 0.2) is 59.6 Å². The molecule has 0 saturated carbocycles. The summed E-state index contributed by atoms with van der Waals surface area (Å²) in [6, 6.07) is 16.2. The van der Waals surface area contributed by atoms with Crippen molar-refractivity contribution in [2.24, 2.45) is 4.99 Å². The van der Waals surface area contributed by atoms with E-state index in [0.29, 0.717) is 11.6 Å². The van der Waals surface area contributed by atoms with Crippen LogP contribution in [0.1, 0.15) is 24.8 Å². The van der Waals surface area contributed by atoms with Crippen LogP contribution in [0.5, 0.6) is 0 Å². The van der Waals surface area contributed by atoms with E-state index in [0.717, 1.165) is 32.0 Å². The summed E-state index contributed by atoms with van der Waals surface area (Å²) in [5, 5.41) is 6.00. The lowest BCUT2D eigenvalue weighted by atomic mass is 9.99. The summed E-state index contributed by atoms with van der Waals surface area (Å²) in [7, 11) is 0. The number of carbonyl (C=O) groups is 1. The van der Waals surface area contributed by atoms with Gasteiger partial charge >= 0.3 is 0 Å². The van der Waals surface area contributed by atoms with Gasteiger partial charge in [-0.1, -0.05) is 30.3 Å². The number of likely N-dealkylation sites (tertiary alicyclic amines) is 1. The molecule has 0 radical (unpaired) electrons. The highest BCUT2D eigenvalue weighted by Crippen LogP contribution is 2.26. The zero-order valence-corrected chi connectivity index (χ0v) is 15.5. The van der Waals surface area contributed by atoms with Gasteiger partial charge in [0.1, 0.15) is 12.4 Å². The van der Waals surface area contributed by atoms with Crippen molar-refractivity contribution in [2.75, 3.05) is 31.5 Å². The lowest BCUT2D eigenvalue weighted by molar-refractivity contribution is -0.114. The number of amides is 1. The molecule has 1 fully saturated rings. The number of halogens is 1. The van der Waals surface area contributed by atoms with Gasteiger partial charge in [-0.2, -0.15) is 0 Å². The molecule has 6 heteroatoms. The molecule has 1 atom stereocenters. The summed E-state index contributed by atoms with van der Waals surface area (Å²) in [5.41, 5.74) is 1.90. The number of nitrogens with zero attached hydrogens (tertiary/aromatic N) is 2. The van der Waals surface area contributed by atoms with Crippen LogP contribution in [0.4, 0.5) is 10.1 Å². The molecule has 1 heterocycles. The first-order valence-corrected chi connectivity index (χ1v) is 9.29. The van der Waals surface area contributed by atoms with E-state index in [1.165, 1.54) is 29.8 Å². The second-order valence-electron chi connectivity index (χ2n) is 6.57. The summed E-state index contributed by atoms with van der Waals surface area (Å²) in [6.45, 7) is 4.57. The van der Waals surface area contributed by atoms with Crippen LogP contribution in [0.2, 0.25) is 0 Å². The Hall–Kier alpha value is -2.89. The molecular weight excluding hydrogens is 343 g/mol. The molecule has 27 heavy (non-hydrogen) atoms. The number of rotatable bonds is 5. The smallest absolute Gasteiger partial charge is 0.246 e. The van der Waals surface area contributed by atoms with Crippen molar-refractivity contribution in [1.82, 2.24) is 10.2 Å². The molecule has 142 valence electrons. The minimum Gasteiger partial charge on any atom is -0.357 e. The summed E-state index contributed by atoms with van der Waals surface area (Å²) >= 11 is 0. The molecule has 0 aliphatic carbocycles. The fourth-order valence-electron chi connectivity index (χ4n) is 3.26. The molecule has 1 aliphatic heterocycles. The van der Waals surface area contributed by atoms with E-state index in [2.05, 4.69) is 44.8 Å². The van der Waals surface area contributed by atoms with Gasteiger partial charge < -0.3 is 15.5 Å². The Balaban J connectivity index is 1.59. The fraction of sp³-hybridized carbons (Fsp3) is 0.333. The number of nitrogens with one attached hydrogen (secondary N) is 2. The van der Waals surface area contributed by atoms with E-state index < -0.39 is 0 Å². The van der Waals surface area contributed by atoms with Crippen molar-refractivity contribution >= 4 is 17.6 Å². The number of aliphatic imine (C=N–C) groups is 1. The quantitative estimate of drug-likeness (QED) is 0.629. The number of carbonyl (C=O) groups excluding carboxylic acids is 1. The van der Waals surface area contributed by atoms with Crippen molar-refractivity contribution in [1.29, 1.82) is 0 Å². The Bertz CT molecular complexity index is 777. The van der Waals surface area contributed by atoms with Gasteiger partial charge in [-0.05, 0) is 43.2 Å². The maximum absolute atomic E-state index is 12.9. The largest absolute Gasteiger partial charge is 0.357 e. The van der Waals surface area contributed by atoms with Crippen LogP contribution >= 0.6 is 0 Å². The summed E-state index contributed by atoms with van der Waals surface area (Å²) in [4.78, 5) is 18.8. The highest BCUT2D eigenvalue weighted by molar-refractivity contribution is 5.94. The first-order chi connectivity index (χ1) is 13.2. The molecule has 3 rings (SSSR count). The van der Waals surface area contributed by atoms with Gasteiger partial charge in [0.25, 0.3) is 0 Å². The highest BCUT2D eigenvalue weighted by atomic mass is 19.1. The number of hydrogen-bond donors (Lipinski definition) is 2. The molecule has 5 nitrogen and oxygen atoms in total. The minimum absolute atomic E-state index is 0.0201. The molecule has 1 saturated heterocycles. The molecule has 2 aromatic carbocycles. The third kappa shape index (κ3) is 5.29. The van der Waals surface area contributed by atoms with Crippen molar-refractivity contribution in [3.8, 4) is 0 Å². The zero-order valence-electron chi connectivity index (χ0n) is 15.5. The molecular formula is C21H25FN4O. The second-order valence-corrected chi connectivity index (χ2v) is 6.57. The Morgan fingerprint density at radius 2 is 1.93 bits per heavy atom. The first kappa shape index (κ1) is 18.9. The van der Waals surface area contributed by atoms with Crippen LogP contribution in [-0.4, -0.2) is 42.9 Å². The zero-order chi connectivity index (χ0) is 19.1.